The number of hydrogen-bond acceptors (Lipinski definition) is 3. The Morgan fingerprint density at radius 2 is 1.95 bits per heavy atom. The first-order valence-corrected chi connectivity index (χ1v) is 6.23. The average molecular weight is 305 g/mol. The first kappa shape index (κ1) is 15.0. The van der Waals surface area contributed by atoms with E-state index in [4.69, 9.17) is 5.73 Å². The highest BCUT2D eigenvalue weighted by molar-refractivity contribution is 7.80. The van der Waals surface area contributed by atoms with E-state index in [0.717, 1.165) is 0 Å². The van der Waals surface area contributed by atoms with Gasteiger partial charge in [-0.25, -0.2) is 10.4 Å². The second-order valence-corrected chi connectivity index (χ2v) is 5.39. The molecular formula is C12H14F3N3OS. The number of halogens is 3. The molecule has 4 nitrogen and oxygen atoms in total. The van der Waals surface area contributed by atoms with E-state index in [-0.39, 0.29) is 0 Å². The van der Waals surface area contributed by atoms with Gasteiger partial charge in [0.2, 0.25) is 0 Å². The lowest BCUT2D eigenvalue weighted by atomic mass is 9.86. The van der Waals surface area contributed by atoms with Gasteiger partial charge in [0.1, 0.15) is 0 Å². The summed E-state index contributed by atoms with van der Waals surface area (Å²) in [6, 6.07) is 8.51. The highest BCUT2D eigenvalue weighted by Gasteiger charge is 2.66. The van der Waals surface area contributed by atoms with Crippen molar-refractivity contribution in [2.75, 3.05) is 0 Å². The van der Waals surface area contributed by atoms with Crippen molar-refractivity contribution in [1.29, 1.82) is 0 Å². The zero-order valence-corrected chi connectivity index (χ0v) is 11.4. The summed E-state index contributed by atoms with van der Waals surface area (Å²) >= 11 is 4.61. The van der Waals surface area contributed by atoms with Gasteiger partial charge in [-0.15, -0.1) is 0 Å². The van der Waals surface area contributed by atoms with Crippen molar-refractivity contribution in [3.8, 4) is 0 Å². The van der Waals surface area contributed by atoms with E-state index >= 15 is 0 Å². The summed E-state index contributed by atoms with van der Waals surface area (Å²) in [5.41, 5.74) is 4.21. The minimum absolute atomic E-state index is 0.412. The Bertz CT molecular complexity index is 524. The maximum absolute atomic E-state index is 13.2. The average Bonchev–Trinajstić information content (AvgIpc) is 2.65. The summed E-state index contributed by atoms with van der Waals surface area (Å²) in [5, 5.41) is 9.87. The maximum Gasteiger partial charge on any atom is 0.438 e. The Balaban J connectivity index is 2.46. The molecule has 0 aliphatic carbocycles. The third kappa shape index (κ3) is 2.23. The van der Waals surface area contributed by atoms with Crippen LogP contribution in [-0.2, 0) is 5.54 Å². The van der Waals surface area contributed by atoms with Crippen LogP contribution in [-0.4, -0.2) is 27.1 Å². The number of hydrazine groups is 1. The fourth-order valence-electron chi connectivity index (χ4n) is 2.39. The van der Waals surface area contributed by atoms with Gasteiger partial charge in [-0.2, -0.15) is 13.2 Å². The number of aliphatic hydroxyl groups is 1. The van der Waals surface area contributed by atoms with Crippen LogP contribution in [0.5, 0.6) is 0 Å². The van der Waals surface area contributed by atoms with Crippen molar-refractivity contribution < 1.29 is 18.3 Å². The van der Waals surface area contributed by atoms with Gasteiger partial charge in [0.15, 0.2) is 5.11 Å². The van der Waals surface area contributed by atoms with Crippen LogP contribution in [0.25, 0.3) is 0 Å². The van der Waals surface area contributed by atoms with Crippen LogP contribution in [0.15, 0.2) is 30.3 Å². The Morgan fingerprint density at radius 3 is 2.35 bits per heavy atom. The molecule has 8 heteroatoms. The molecule has 0 unspecified atom stereocenters. The van der Waals surface area contributed by atoms with Crippen molar-refractivity contribution in [3.05, 3.63) is 35.9 Å². The highest BCUT2D eigenvalue weighted by Crippen LogP contribution is 2.46. The molecule has 0 spiro atoms. The number of nitrogens with zero attached hydrogens (tertiary/aromatic N) is 1. The van der Waals surface area contributed by atoms with Gasteiger partial charge >= 0.3 is 6.18 Å². The summed E-state index contributed by atoms with van der Waals surface area (Å²) in [6.45, 7) is 1.55. The number of hydrogen-bond donors (Lipinski definition) is 3. The minimum atomic E-state index is -4.89. The van der Waals surface area contributed by atoms with Gasteiger partial charge in [0.05, 0.1) is 5.54 Å². The Labute approximate surface area is 119 Å². The van der Waals surface area contributed by atoms with E-state index in [1.807, 2.05) is 0 Å². The van der Waals surface area contributed by atoms with Gasteiger partial charge in [-0.1, -0.05) is 30.3 Å². The molecule has 1 heterocycles. The van der Waals surface area contributed by atoms with E-state index in [1.165, 1.54) is 0 Å². The zero-order chi connectivity index (χ0) is 15.2. The molecule has 1 fully saturated rings. The van der Waals surface area contributed by atoms with Crippen molar-refractivity contribution in [2.45, 2.75) is 30.8 Å². The molecule has 1 aliphatic rings. The summed E-state index contributed by atoms with van der Waals surface area (Å²) in [4.78, 5) is 0. The van der Waals surface area contributed by atoms with Crippen LogP contribution in [0, 0.1) is 0 Å². The molecule has 110 valence electrons. The maximum atomic E-state index is 13.2. The summed E-state index contributed by atoms with van der Waals surface area (Å²) < 4.78 is 39.5. The quantitative estimate of drug-likeness (QED) is 0.688. The van der Waals surface area contributed by atoms with E-state index < -0.39 is 29.0 Å². The van der Waals surface area contributed by atoms with Gasteiger partial charge < -0.3 is 10.8 Å². The number of alkyl halides is 3. The van der Waals surface area contributed by atoms with Crippen LogP contribution >= 0.6 is 12.2 Å². The molecule has 0 amide bonds. The van der Waals surface area contributed by atoms with Crippen molar-refractivity contribution in [3.63, 3.8) is 0 Å². The molecule has 1 aromatic carbocycles. The number of nitrogens with two attached hydrogens (primary N) is 1. The van der Waals surface area contributed by atoms with E-state index in [1.54, 1.807) is 37.3 Å². The standard InChI is InChI=1S/C12H14F3N3OS/c1-10(8-5-3-2-4-6-8)7-11(19,12(13,14)15)18(17-10)9(16)20/h2-6,17,19H,7H2,1H3,(H2,16,20)/t10-,11-/m1/s1. The molecule has 1 saturated heterocycles. The van der Waals surface area contributed by atoms with E-state index in [0.29, 0.717) is 10.6 Å². The van der Waals surface area contributed by atoms with Gasteiger partial charge in [0, 0.05) is 6.42 Å². The Morgan fingerprint density at radius 1 is 1.40 bits per heavy atom. The lowest BCUT2D eigenvalue weighted by Crippen LogP contribution is -2.61. The van der Waals surface area contributed by atoms with E-state index in [2.05, 4.69) is 17.6 Å². The molecule has 20 heavy (non-hydrogen) atoms. The topological polar surface area (TPSA) is 61.5 Å². The molecule has 0 bridgehead atoms. The largest absolute Gasteiger partial charge is 0.438 e. The molecule has 4 N–H and O–H groups in total. The second kappa shape index (κ2) is 4.57. The van der Waals surface area contributed by atoms with Crippen molar-refractivity contribution in [1.82, 2.24) is 10.4 Å². The number of nitrogens with one attached hydrogen (secondary N) is 1. The highest BCUT2D eigenvalue weighted by atomic mass is 32.1. The molecule has 2 atom stereocenters. The lowest BCUT2D eigenvalue weighted by molar-refractivity contribution is -0.296. The molecule has 1 aromatic rings. The predicted molar refractivity (Wildman–Crippen MR) is 71.2 cm³/mol. The smallest absolute Gasteiger partial charge is 0.375 e. The summed E-state index contributed by atoms with van der Waals surface area (Å²) in [5.74, 6) is 0. The van der Waals surface area contributed by atoms with Crippen molar-refractivity contribution >= 4 is 17.3 Å². The third-order valence-electron chi connectivity index (χ3n) is 3.41. The SMILES string of the molecule is C[C@]1(c2ccccc2)C[C@@](O)(C(F)(F)F)N(C(N)=S)N1. The van der Waals surface area contributed by atoms with Crippen LogP contribution in [0.3, 0.4) is 0 Å². The molecule has 2 rings (SSSR count). The fourth-order valence-corrected chi connectivity index (χ4v) is 2.58. The number of benzene rings is 1. The molecule has 0 radical (unpaired) electrons. The Kier molecular flexibility index (Phi) is 3.43. The number of rotatable bonds is 1. The first-order valence-electron chi connectivity index (χ1n) is 5.82. The predicted octanol–water partition coefficient (Wildman–Crippen LogP) is 1.61. The fraction of sp³-hybridized carbons (Fsp3) is 0.417. The molecule has 1 aliphatic heterocycles. The zero-order valence-electron chi connectivity index (χ0n) is 10.6. The normalized spacial score (nSPS) is 30.6. The first-order chi connectivity index (χ1) is 9.10. The second-order valence-electron chi connectivity index (χ2n) is 4.97. The number of thiocarbonyl (C=S) groups is 1. The van der Waals surface area contributed by atoms with Crippen LogP contribution in [0.2, 0.25) is 0 Å². The van der Waals surface area contributed by atoms with Gasteiger partial charge in [0.25, 0.3) is 5.72 Å². The van der Waals surface area contributed by atoms with Crippen molar-refractivity contribution in [2.24, 2.45) is 5.73 Å². The molecule has 0 aromatic heterocycles. The third-order valence-corrected chi connectivity index (χ3v) is 3.60. The van der Waals surface area contributed by atoms with Gasteiger partial charge in [-0.3, -0.25) is 0 Å². The summed E-state index contributed by atoms with van der Waals surface area (Å²) in [6.07, 6.45) is -5.51. The van der Waals surface area contributed by atoms with E-state index in [9.17, 15) is 18.3 Å². The summed E-state index contributed by atoms with van der Waals surface area (Å²) in [7, 11) is 0. The lowest BCUT2D eigenvalue weighted by Gasteiger charge is -2.34. The Hall–Kier alpha value is -1.38. The van der Waals surface area contributed by atoms with Crippen LogP contribution < -0.4 is 11.2 Å². The van der Waals surface area contributed by atoms with Crippen LogP contribution in [0.4, 0.5) is 13.2 Å². The monoisotopic (exact) mass is 305 g/mol. The minimum Gasteiger partial charge on any atom is -0.375 e. The molecular weight excluding hydrogens is 291 g/mol. The van der Waals surface area contributed by atoms with Gasteiger partial charge in [-0.05, 0) is 24.7 Å². The molecule has 0 saturated carbocycles. The van der Waals surface area contributed by atoms with Crippen LogP contribution in [0.1, 0.15) is 18.9 Å².